The molecule has 3 N–H and O–H groups in total. The molecule has 1 rings (SSSR count). The molecule has 0 aliphatic heterocycles. The molecule has 1 aromatic rings. The number of carbonyl (C=O) groups excluding carboxylic acids is 1. The Morgan fingerprint density at radius 1 is 1.50 bits per heavy atom. The quantitative estimate of drug-likeness (QED) is 0.758. The molecular weight excluding hydrogens is 228 g/mol. The summed E-state index contributed by atoms with van der Waals surface area (Å²) in [5, 5.41) is 14.5. The highest BCUT2D eigenvalue weighted by atomic mass is 35.5. The molecule has 88 valence electrons. The Balaban J connectivity index is 2.49. The highest BCUT2D eigenvalue weighted by Crippen LogP contribution is 2.20. The second-order valence-electron chi connectivity index (χ2n) is 3.49. The lowest BCUT2D eigenvalue weighted by Gasteiger charge is -2.13. The number of rotatable bonds is 4. The number of benzene rings is 1. The summed E-state index contributed by atoms with van der Waals surface area (Å²) in [6.07, 6.45) is 0.524. The van der Waals surface area contributed by atoms with Crippen molar-refractivity contribution in [1.29, 1.82) is 0 Å². The second kappa shape index (κ2) is 6.35. The lowest BCUT2D eigenvalue weighted by atomic mass is 10.2. The third kappa shape index (κ3) is 4.08. The summed E-state index contributed by atoms with van der Waals surface area (Å²) < 4.78 is 0. The smallest absolute Gasteiger partial charge is 0.319 e. The van der Waals surface area contributed by atoms with Crippen LogP contribution in [0.2, 0.25) is 5.02 Å². The number of hydrogen-bond donors (Lipinski definition) is 3. The fraction of sp³-hybridized carbons (Fsp3) is 0.364. The van der Waals surface area contributed by atoms with Crippen LogP contribution in [0.5, 0.6) is 0 Å². The van der Waals surface area contributed by atoms with Crippen molar-refractivity contribution in [1.82, 2.24) is 5.32 Å². The molecule has 0 aromatic heterocycles. The minimum atomic E-state index is -0.325. The van der Waals surface area contributed by atoms with E-state index in [1.54, 1.807) is 24.3 Å². The number of nitrogens with one attached hydrogen (secondary N) is 2. The number of halogens is 1. The van der Waals surface area contributed by atoms with Gasteiger partial charge in [-0.1, -0.05) is 23.7 Å². The average Bonchev–Trinajstić information content (AvgIpc) is 2.21. The molecule has 0 aliphatic rings. The Morgan fingerprint density at radius 2 is 2.19 bits per heavy atom. The van der Waals surface area contributed by atoms with Gasteiger partial charge in [0.25, 0.3) is 0 Å². The van der Waals surface area contributed by atoms with Gasteiger partial charge in [-0.2, -0.15) is 0 Å². The number of para-hydroxylation sites is 1. The Bertz CT molecular complexity index is 358. The van der Waals surface area contributed by atoms with Crippen LogP contribution in [-0.2, 0) is 0 Å². The van der Waals surface area contributed by atoms with Crippen LogP contribution >= 0.6 is 11.6 Å². The van der Waals surface area contributed by atoms with E-state index in [2.05, 4.69) is 10.6 Å². The monoisotopic (exact) mass is 242 g/mol. The Kier molecular flexibility index (Phi) is 5.08. The standard InChI is InChI=1S/C11H15ClN2O2/c1-8(6-7-15)13-11(16)14-10-5-3-2-4-9(10)12/h2-5,8,15H,6-7H2,1H3,(H2,13,14,16). The lowest BCUT2D eigenvalue weighted by Crippen LogP contribution is -2.36. The van der Waals surface area contributed by atoms with Crippen LogP contribution in [0.4, 0.5) is 10.5 Å². The largest absolute Gasteiger partial charge is 0.396 e. The Hall–Kier alpha value is -1.26. The maximum absolute atomic E-state index is 11.5. The third-order valence-electron chi connectivity index (χ3n) is 2.06. The van der Waals surface area contributed by atoms with Gasteiger partial charge in [0, 0.05) is 12.6 Å². The normalized spacial score (nSPS) is 11.9. The maximum Gasteiger partial charge on any atom is 0.319 e. The molecule has 0 radical (unpaired) electrons. The number of urea groups is 1. The summed E-state index contributed by atoms with van der Waals surface area (Å²) in [4.78, 5) is 11.5. The minimum Gasteiger partial charge on any atom is -0.396 e. The van der Waals surface area contributed by atoms with E-state index >= 15 is 0 Å². The molecule has 5 heteroatoms. The van der Waals surface area contributed by atoms with E-state index in [0.717, 1.165) is 0 Å². The molecule has 0 heterocycles. The number of carbonyl (C=O) groups is 1. The van der Waals surface area contributed by atoms with Gasteiger partial charge in [-0.05, 0) is 25.5 Å². The SMILES string of the molecule is CC(CCO)NC(=O)Nc1ccccc1Cl. The molecule has 1 unspecified atom stereocenters. The Labute approximate surface area is 99.6 Å². The molecule has 16 heavy (non-hydrogen) atoms. The van der Waals surface area contributed by atoms with Crippen LogP contribution in [0.1, 0.15) is 13.3 Å². The number of aliphatic hydroxyl groups is 1. The van der Waals surface area contributed by atoms with Crippen LogP contribution in [0, 0.1) is 0 Å². The molecule has 0 saturated carbocycles. The number of aliphatic hydroxyl groups excluding tert-OH is 1. The summed E-state index contributed by atoms with van der Waals surface area (Å²) in [6.45, 7) is 1.87. The summed E-state index contributed by atoms with van der Waals surface area (Å²) in [6, 6.07) is 6.60. The lowest BCUT2D eigenvalue weighted by molar-refractivity contribution is 0.241. The predicted octanol–water partition coefficient (Wildman–Crippen LogP) is 2.23. The zero-order chi connectivity index (χ0) is 12.0. The van der Waals surface area contributed by atoms with E-state index in [1.807, 2.05) is 6.92 Å². The van der Waals surface area contributed by atoms with Gasteiger partial charge in [0.2, 0.25) is 0 Å². The molecule has 4 nitrogen and oxygen atoms in total. The van der Waals surface area contributed by atoms with Crippen molar-refractivity contribution in [2.45, 2.75) is 19.4 Å². The second-order valence-corrected chi connectivity index (χ2v) is 3.90. The van der Waals surface area contributed by atoms with Crippen LogP contribution in [0.3, 0.4) is 0 Å². The summed E-state index contributed by atoms with van der Waals surface area (Å²) >= 11 is 5.88. The van der Waals surface area contributed by atoms with E-state index in [4.69, 9.17) is 16.7 Å². The number of amides is 2. The topological polar surface area (TPSA) is 61.4 Å². The van der Waals surface area contributed by atoms with Gasteiger partial charge in [0.15, 0.2) is 0 Å². The molecule has 0 bridgehead atoms. The van der Waals surface area contributed by atoms with Gasteiger partial charge in [0.05, 0.1) is 10.7 Å². The van der Waals surface area contributed by atoms with Crippen LogP contribution in [0.15, 0.2) is 24.3 Å². The first-order chi connectivity index (χ1) is 7.63. The van der Waals surface area contributed by atoms with E-state index < -0.39 is 0 Å². The van der Waals surface area contributed by atoms with Crippen molar-refractivity contribution >= 4 is 23.3 Å². The molecular formula is C11H15ClN2O2. The van der Waals surface area contributed by atoms with Crippen LogP contribution in [-0.4, -0.2) is 23.8 Å². The van der Waals surface area contributed by atoms with E-state index in [-0.39, 0.29) is 18.7 Å². The van der Waals surface area contributed by atoms with Gasteiger partial charge in [0.1, 0.15) is 0 Å². The first-order valence-corrected chi connectivity index (χ1v) is 5.44. The van der Waals surface area contributed by atoms with Gasteiger partial charge in [-0.3, -0.25) is 0 Å². The predicted molar refractivity (Wildman–Crippen MR) is 64.8 cm³/mol. The van der Waals surface area contributed by atoms with Gasteiger partial charge in [-0.25, -0.2) is 4.79 Å². The van der Waals surface area contributed by atoms with Gasteiger partial charge < -0.3 is 15.7 Å². The van der Waals surface area contributed by atoms with Crippen molar-refractivity contribution in [2.75, 3.05) is 11.9 Å². The van der Waals surface area contributed by atoms with Crippen molar-refractivity contribution in [3.8, 4) is 0 Å². The highest BCUT2D eigenvalue weighted by Gasteiger charge is 2.07. The van der Waals surface area contributed by atoms with Crippen molar-refractivity contribution in [3.63, 3.8) is 0 Å². The average molecular weight is 243 g/mol. The summed E-state index contributed by atoms with van der Waals surface area (Å²) in [5.74, 6) is 0. The molecule has 1 aromatic carbocycles. The summed E-state index contributed by atoms with van der Waals surface area (Å²) in [7, 11) is 0. The first kappa shape index (κ1) is 12.8. The summed E-state index contributed by atoms with van der Waals surface area (Å²) in [5.41, 5.74) is 0.567. The molecule has 0 fully saturated rings. The van der Waals surface area contributed by atoms with Crippen LogP contribution in [0.25, 0.3) is 0 Å². The third-order valence-corrected chi connectivity index (χ3v) is 2.39. The fourth-order valence-corrected chi connectivity index (χ4v) is 1.39. The first-order valence-electron chi connectivity index (χ1n) is 5.06. The van der Waals surface area contributed by atoms with E-state index in [0.29, 0.717) is 17.1 Å². The van der Waals surface area contributed by atoms with E-state index in [9.17, 15) is 4.79 Å². The van der Waals surface area contributed by atoms with Crippen LogP contribution < -0.4 is 10.6 Å². The molecule has 0 aliphatic carbocycles. The molecule has 2 amide bonds. The van der Waals surface area contributed by atoms with Gasteiger partial charge in [-0.15, -0.1) is 0 Å². The highest BCUT2D eigenvalue weighted by molar-refractivity contribution is 6.33. The maximum atomic E-state index is 11.5. The zero-order valence-corrected chi connectivity index (χ0v) is 9.79. The molecule has 1 atom stereocenters. The zero-order valence-electron chi connectivity index (χ0n) is 9.03. The van der Waals surface area contributed by atoms with Crippen molar-refractivity contribution in [2.24, 2.45) is 0 Å². The molecule has 0 saturated heterocycles. The number of hydrogen-bond acceptors (Lipinski definition) is 2. The van der Waals surface area contributed by atoms with Crippen molar-refractivity contribution in [3.05, 3.63) is 29.3 Å². The fourth-order valence-electron chi connectivity index (χ4n) is 1.21. The van der Waals surface area contributed by atoms with Gasteiger partial charge >= 0.3 is 6.03 Å². The minimum absolute atomic E-state index is 0.0491. The van der Waals surface area contributed by atoms with E-state index in [1.165, 1.54) is 0 Å². The molecule has 0 spiro atoms. The number of anilines is 1. The Morgan fingerprint density at radius 3 is 2.81 bits per heavy atom. The van der Waals surface area contributed by atoms with Crippen molar-refractivity contribution < 1.29 is 9.90 Å².